The number of aryl methyl sites for hydroxylation is 1. The van der Waals surface area contributed by atoms with Gasteiger partial charge < -0.3 is 9.47 Å². The molecule has 0 bridgehead atoms. The first-order valence-electron chi connectivity index (χ1n) is 11.3. The van der Waals surface area contributed by atoms with E-state index in [0.717, 1.165) is 31.8 Å². The summed E-state index contributed by atoms with van der Waals surface area (Å²) in [5, 5.41) is 0. The third-order valence-corrected chi connectivity index (χ3v) is 6.62. The molecule has 2 nitrogen and oxygen atoms in total. The van der Waals surface area contributed by atoms with Gasteiger partial charge >= 0.3 is 0 Å². The van der Waals surface area contributed by atoms with Crippen molar-refractivity contribution in [2.45, 2.75) is 99.5 Å². The molecule has 1 fully saturated rings. The molecule has 1 aliphatic carbocycles. The predicted octanol–water partition coefficient (Wildman–Crippen LogP) is 7.33. The van der Waals surface area contributed by atoms with E-state index in [1.807, 2.05) is 0 Å². The molecule has 0 unspecified atom stereocenters. The molecule has 0 spiro atoms. The van der Waals surface area contributed by atoms with E-state index in [4.69, 9.17) is 0 Å². The van der Waals surface area contributed by atoms with Gasteiger partial charge in [-0.1, -0.05) is 52.2 Å². The molecule has 0 atom stereocenters. The van der Waals surface area contributed by atoms with Gasteiger partial charge in [-0.05, 0) is 64.9 Å². The second-order valence-corrected chi connectivity index (χ2v) is 8.42. The van der Waals surface area contributed by atoms with Gasteiger partial charge in [-0.3, -0.25) is 0 Å². The van der Waals surface area contributed by atoms with Gasteiger partial charge in [0, 0.05) is 41.4 Å². The minimum atomic E-state index is 0.804. The van der Waals surface area contributed by atoms with Gasteiger partial charge in [-0.2, -0.15) is 0 Å². The van der Waals surface area contributed by atoms with Crippen molar-refractivity contribution in [3.05, 3.63) is 40.9 Å². The Kier molecular flexibility index (Phi) is 8.26. The largest absolute Gasteiger partial charge is 0.348 e. The Hall–Kier alpha value is -1.44. The van der Waals surface area contributed by atoms with Crippen molar-refractivity contribution in [2.75, 3.05) is 6.54 Å². The SMILES string of the molecule is C=C(c1cc(CC)n(CCC)c1C)N(CC1CCCCC1)/C(C)=C(/C)CC. The summed E-state index contributed by atoms with van der Waals surface area (Å²) in [6, 6.07) is 2.40. The molecule has 0 radical (unpaired) electrons. The fourth-order valence-corrected chi connectivity index (χ4v) is 4.54. The zero-order valence-electron chi connectivity index (χ0n) is 18.8. The summed E-state index contributed by atoms with van der Waals surface area (Å²) >= 11 is 0. The zero-order chi connectivity index (χ0) is 20.0. The van der Waals surface area contributed by atoms with Crippen molar-refractivity contribution in [2.24, 2.45) is 5.92 Å². The number of hydrogen-bond donors (Lipinski definition) is 0. The van der Waals surface area contributed by atoms with Crippen molar-refractivity contribution in [3.8, 4) is 0 Å². The van der Waals surface area contributed by atoms with Crippen LogP contribution in [-0.4, -0.2) is 16.0 Å². The second-order valence-electron chi connectivity index (χ2n) is 8.42. The normalized spacial score (nSPS) is 16.4. The van der Waals surface area contributed by atoms with Gasteiger partial charge in [0.25, 0.3) is 0 Å². The Balaban J connectivity index is 2.38. The van der Waals surface area contributed by atoms with Crippen LogP contribution >= 0.6 is 0 Å². The molecular weight excluding hydrogens is 328 g/mol. The maximum atomic E-state index is 4.62. The average molecular weight is 371 g/mol. The van der Waals surface area contributed by atoms with E-state index in [2.05, 4.69) is 63.7 Å². The molecule has 1 aromatic heterocycles. The maximum Gasteiger partial charge on any atom is 0.0427 e. The number of nitrogens with zero attached hydrogens (tertiary/aromatic N) is 2. The highest BCUT2D eigenvalue weighted by Gasteiger charge is 2.23. The molecule has 0 aliphatic heterocycles. The highest BCUT2D eigenvalue weighted by atomic mass is 15.2. The van der Waals surface area contributed by atoms with Crippen LogP contribution in [0.3, 0.4) is 0 Å². The molecule has 27 heavy (non-hydrogen) atoms. The van der Waals surface area contributed by atoms with E-state index in [0.29, 0.717) is 0 Å². The van der Waals surface area contributed by atoms with Gasteiger partial charge in [0.15, 0.2) is 0 Å². The molecular formula is C25H42N2. The van der Waals surface area contributed by atoms with Crippen LogP contribution in [0.25, 0.3) is 5.70 Å². The van der Waals surface area contributed by atoms with Gasteiger partial charge in [-0.25, -0.2) is 0 Å². The van der Waals surface area contributed by atoms with E-state index in [1.54, 1.807) is 0 Å². The average Bonchev–Trinajstić information content (AvgIpc) is 3.01. The second kappa shape index (κ2) is 10.2. The Morgan fingerprint density at radius 3 is 2.37 bits per heavy atom. The van der Waals surface area contributed by atoms with Crippen molar-refractivity contribution < 1.29 is 0 Å². The first kappa shape index (κ1) is 21.9. The summed E-state index contributed by atoms with van der Waals surface area (Å²) in [7, 11) is 0. The molecule has 1 aliphatic rings. The summed E-state index contributed by atoms with van der Waals surface area (Å²) in [6.45, 7) is 20.5. The van der Waals surface area contributed by atoms with E-state index in [1.165, 1.54) is 72.4 Å². The lowest BCUT2D eigenvalue weighted by atomic mass is 9.88. The Bertz CT molecular complexity index is 656. The lowest BCUT2D eigenvalue weighted by molar-refractivity contribution is 0.291. The van der Waals surface area contributed by atoms with Gasteiger partial charge in [-0.15, -0.1) is 0 Å². The number of allylic oxidation sites excluding steroid dienone is 2. The van der Waals surface area contributed by atoms with Crippen molar-refractivity contribution in [1.82, 2.24) is 9.47 Å². The Morgan fingerprint density at radius 1 is 1.15 bits per heavy atom. The Labute approximate surface area is 168 Å². The van der Waals surface area contributed by atoms with Crippen LogP contribution in [0.15, 0.2) is 23.9 Å². The van der Waals surface area contributed by atoms with Crippen LogP contribution in [0, 0.1) is 12.8 Å². The molecule has 2 heteroatoms. The first-order chi connectivity index (χ1) is 12.9. The van der Waals surface area contributed by atoms with Crippen LogP contribution in [0.4, 0.5) is 0 Å². The molecule has 0 amide bonds. The minimum Gasteiger partial charge on any atom is -0.348 e. The standard InChI is InChI=1S/C25H42N2/c1-8-16-26-21(6)25(17-24(26)10-3)22(7)27(20(5)19(4)9-2)18-23-14-12-11-13-15-23/h17,23H,7-16,18H2,1-6H3/b20-19-. The highest BCUT2D eigenvalue weighted by Crippen LogP contribution is 2.33. The molecule has 1 heterocycles. The minimum absolute atomic E-state index is 0.804. The molecule has 0 aromatic carbocycles. The van der Waals surface area contributed by atoms with Crippen LogP contribution in [0.1, 0.15) is 96.5 Å². The van der Waals surface area contributed by atoms with E-state index in [-0.39, 0.29) is 0 Å². The van der Waals surface area contributed by atoms with Crippen LogP contribution in [-0.2, 0) is 13.0 Å². The fraction of sp³-hybridized carbons (Fsp3) is 0.680. The summed E-state index contributed by atoms with van der Waals surface area (Å²) < 4.78 is 2.50. The molecule has 2 rings (SSSR count). The zero-order valence-corrected chi connectivity index (χ0v) is 18.8. The molecule has 0 saturated heterocycles. The van der Waals surface area contributed by atoms with Gasteiger partial charge in [0.1, 0.15) is 0 Å². The van der Waals surface area contributed by atoms with Crippen molar-refractivity contribution >= 4 is 5.70 Å². The number of hydrogen-bond acceptors (Lipinski definition) is 1. The van der Waals surface area contributed by atoms with Crippen molar-refractivity contribution in [3.63, 3.8) is 0 Å². The fourth-order valence-electron chi connectivity index (χ4n) is 4.54. The molecule has 152 valence electrons. The van der Waals surface area contributed by atoms with Gasteiger partial charge in [0.05, 0.1) is 0 Å². The van der Waals surface area contributed by atoms with Crippen LogP contribution < -0.4 is 0 Å². The topological polar surface area (TPSA) is 8.17 Å². The van der Waals surface area contributed by atoms with Crippen molar-refractivity contribution in [1.29, 1.82) is 0 Å². The number of aromatic nitrogens is 1. The lowest BCUT2D eigenvalue weighted by Gasteiger charge is -2.34. The highest BCUT2D eigenvalue weighted by molar-refractivity contribution is 5.66. The third kappa shape index (κ3) is 5.09. The Morgan fingerprint density at radius 2 is 1.81 bits per heavy atom. The summed E-state index contributed by atoms with van der Waals surface area (Å²) in [5.74, 6) is 0.804. The number of rotatable bonds is 9. The van der Waals surface area contributed by atoms with Crippen LogP contribution in [0.2, 0.25) is 0 Å². The predicted molar refractivity (Wildman–Crippen MR) is 120 cm³/mol. The monoisotopic (exact) mass is 370 g/mol. The first-order valence-corrected chi connectivity index (χ1v) is 11.3. The molecule has 1 saturated carbocycles. The van der Waals surface area contributed by atoms with E-state index >= 15 is 0 Å². The quantitative estimate of drug-likeness (QED) is 0.442. The van der Waals surface area contributed by atoms with E-state index < -0.39 is 0 Å². The smallest absolute Gasteiger partial charge is 0.0427 e. The summed E-state index contributed by atoms with van der Waals surface area (Å²) in [5.41, 5.74) is 8.26. The summed E-state index contributed by atoms with van der Waals surface area (Å²) in [6.07, 6.45) is 10.3. The molecule has 1 aromatic rings. The lowest BCUT2D eigenvalue weighted by Crippen LogP contribution is -2.28. The molecule has 0 N–H and O–H groups in total. The maximum absolute atomic E-state index is 4.62. The van der Waals surface area contributed by atoms with E-state index in [9.17, 15) is 0 Å². The van der Waals surface area contributed by atoms with Gasteiger partial charge in [0.2, 0.25) is 0 Å². The third-order valence-electron chi connectivity index (χ3n) is 6.62. The summed E-state index contributed by atoms with van der Waals surface area (Å²) in [4.78, 5) is 2.55. The van der Waals surface area contributed by atoms with Crippen LogP contribution in [0.5, 0.6) is 0 Å².